The smallest absolute Gasteiger partial charge is 0.128 e. The van der Waals surface area contributed by atoms with Gasteiger partial charge in [-0.2, -0.15) is 0 Å². The number of pyridine rings is 1. The van der Waals surface area contributed by atoms with Crippen molar-refractivity contribution >= 4 is 17.4 Å². The van der Waals surface area contributed by atoms with Gasteiger partial charge in [0, 0.05) is 18.8 Å². The maximum Gasteiger partial charge on any atom is 0.128 e. The predicted octanol–water partition coefficient (Wildman–Crippen LogP) is 3.36. The van der Waals surface area contributed by atoms with Gasteiger partial charge in [-0.15, -0.1) is 0 Å². The van der Waals surface area contributed by atoms with Gasteiger partial charge < -0.3 is 4.90 Å². The molecule has 1 aromatic heterocycles. The maximum atomic E-state index is 5.79. The molecule has 0 aliphatic carbocycles. The highest BCUT2D eigenvalue weighted by molar-refractivity contribution is 6.30. The van der Waals surface area contributed by atoms with Gasteiger partial charge in [-0.3, -0.25) is 0 Å². The van der Waals surface area contributed by atoms with Crippen LogP contribution in [0.4, 0.5) is 5.82 Å². The van der Waals surface area contributed by atoms with Gasteiger partial charge in [0.25, 0.3) is 0 Å². The number of aromatic nitrogens is 1. The van der Waals surface area contributed by atoms with Crippen LogP contribution >= 0.6 is 11.6 Å². The van der Waals surface area contributed by atoms with Crippen molar-refractivity contribution in [1.29, 1.82) is 0 Å². The van der Waals surface area contributed by atoms with Gasteiger partial charge in [0.2, 0.25) is 0 Å². The van der Waals surface area contributed by atoms with E-state index >= 15 is 0 Å². The molecule has 0 aliphatic heterocycles. The highest BCUT2D eigenvalue weighted by Crippen LogP contribution is 2.16. The Hall–Kier alpha value is -0.760. The lowest BCUT2D eigenvalue weighted by Crippen LogP contribution is -2.32. The van der Waals surface area contributed by atoms with E-state index in [0.29, 0.717) is 11.1 Å². The van der Waals surface area contributed by atoms with E-state index in [1.54, 1.807) is 6.20 Å². The van der Waals surface area contributed by atoms with Crippen molar-refractivity contribution in [3.8, 4) is 0 Å². The average Bonchev–Trinajstić information content (AvgIpc) is 2.15. The molecule has 0 bridgehead atoms. The maximum absolute atomic E-state index is 5.79. The predicted molar refractivity (Wildman–Crippen MR) is 62.0 cm³/mol. The van der Waals surface area contributed by atoms with Crippen LogP contribution in [0.3, 0.4) is 0 Å². The topological polar surface area (TPSA) is 16.1 Å². The van der Waals surface area contributed by atoms with Crippen LogP contribution in [0, 0.1) is 0 Å². The number of hydrogen-bond acceptors (Lipinski definition) is 2. The molecule has 0 aromatic carbocycles. The summed E-state index contributed by atoms with van der Waals surface area (Å²) in [6.45, 7) is 7.55. The molecule has 0 radical (unpaired) electrons. The molecule has 3 heteroatoms. The Balaban J connectivity index is 2.82. The van der Waals surface area contributed by atoms with E-state index in [0.717, 1.165) is 18.8 Å². The Bertz CT molecular complexity index is 269. The minimum atomic E-state index is 0.476. The zero-order chi connectivity index (χ0) is 10.6. The monoisotopic (exact) mass is 212 g/mol. The molecule has 0 atom stereocenters. The Morgan fingerprint density at radius 3 is 2.57 bits per heavy atom. The van der Waals surface area contributed by atoms with Gasteiger partial charge in [0.05, 0.1) is 5.02 Å². The van der Waals surface area contributed by atoms with Gasteiger partial charge in [-0.05, 0) is 32.4 Å². The number of rotatable bonds is 4. The second-order valence-electron chi connectivity index (χ2n) is 3.62. The molecule has 0 saturated heterocycles. The molecule has 0 N–H and O–H groups in total. The van der Waals surface area contributed by atoms with Gasteiger partial charge in [-0.1, -0.05) is 18.5 Å². The largest absolute Gasteiger partial charge is 0.354 e. The Labute approximate surface area is 90.9 Å². The summed E-state index contributed by atoms with van der Waals surface area (Å²) < 4.78 is 0. The quantitative estimate of drug-likeness (QED) is 0.761. The molecule has 0 unspecified atom stereocenters. The minimum Gasteiger partial charge on any atom is -0.354 e. The van der Waals surface area contributed by atoms with Crippen molar-refractivity contribution in [3.63, 3.8) is 0 Å². The number of anilines is 1. The SMILES string of the molecule is CCCN(c1ccc(Cl)cn1)C(C)C. The van der Waals surface area contributed by atoms with Crippen LogP contribution in [-0.2, 0) is 0 Å². The average molecular weight is 213 g/mol. The summed E-state index contributed by atoms with van der Waals surface area (Å²) in [5, 5.41) is 0.689. The summed E-state index contributed by atoms with van der Waals surface area (Å²) in [6.07, 6.45) is 2.82. The second kappa shape index (κ2) is 5.20. The lowest BCUT2D eigenvalue weighted by atomic mass is 10.3. The van der Waals surface area contributed by atoms with Gasteiger partial charge in [0.15, 0.2) is 0 Å². The zero-order valence-corrected chi connectivity index (χ0v) is 9.75. The fourth-order valence-corrected chi connectivity index (χ4v) is 1.53. The molecular weight excluding hydrogens is 196 g/mol. The van der Waals surface area contributed by atoms with Gasteiger partial charge in [0.1, 0.15) is 5.82 Å². The lowest BCUT2D eigenvalue weighted by Gasteiger charge is -2.27. The first-order chi connectivity index (χ1) is 6.65. The standard InChI is InChI=1S/C11H17ClN2/c1-4-7-14(9(2)3)11-6-5-10(12)8-13-11/h5-6,8-9H,4,7H2,1-3H3. The van der Waals surface area contributed by atoms with E-state index in [-0.39, 0.29) is 0 Å². The fraction of sp³-hybridized carbons (Fsp3) is 0.545. The third kappa shape index (κ3) is 2.88. The Morgan fingerprint density at radius 1 is 1.43 bits per heavy atom. The highest BCUT2D eigenvalue weighted by Gasteiger charge is 2.09. The molecule has 2 nitrogen and oxygen atoms in total. The number of hydrogen-bond donors (Lipinski definition) is 0. The molecular formula is C11H17ClN2. The van der Waals surface area contributed by atoms with E-state index < -0.39 is 0 Å². The third-order valence-electron chi connectivity index (χ3n) is 2.09. The Kier molecular flexibility index (Phi) is 4.21. The van der Waals surface area contributed by atoms with Crippen LogP contribution in [-0.4, -0.2) is 17.6 Å². The van der Waals surface area contributed by atoms with Crippen LogP contribution in [0.25, 0.3) is 0 Å². The first-order valence-corrected chi connectivity index (χ1v) is 5.41. The van der Waals surface area contributed by atoms with Crippen molar-refractivity contribution in [2.45, 2.75) is 33.2 Å². The molecule has 0 fully saturated rings. The van der Waals surface area contributed by atoms with Crippen LogP contribution in [0.2, 0.25) is 5.02 Å². The lowest BCUT2D eigenvalue weighted by molar-refractivity contribution is 0.662. The van der Waals surface area contributed by atoms with Crippen LogP contribution in [0.1, 0.15) is 27.2 Å². The minimum absolute atomic E-state index is 0.476. The van der Waals surface area contributed by atoms with Crippen molar-refractivity contribution in [2.75, 3.05) is 11.4 Å². The first kappa shape index (κ1) is 11.3. The molecule has 0 aliphatic rings. The first-order valence-electron chi connectivity index (χ1n) is 5.03. The van der Waals surface area contributed by atoms with Crippen LogP contribution in [0.5, 0.6) is 0 Å². The summed E-state index contributed by atoms with van der Waals surface area (Å²) in [4.78, 5) is 6.59. The number of halogens is 1. The summed E-state index contributed by atoms with van der Waals surface area (Å²) >= 11 is 5.79. The van der Waals surface area contributed by atoms with Gasteiger partial charge in [-0.25, -0.2) is 4.98 Å². The molecule has 0 amide bonds. The van der Waals surface area contributed by atoms with Crippen molar-refractivity contribution < 1.29 is 0 Å². The molecule has 14 heavy (non-hydrogen) atoms. The van der Waals surface area contributed by atoms with Crippen LogP contribution < -0.4 is 4.90 Å². The van der Waals surface area contributed by atoms with Gasteiger partial charge >= 0.3 is 0 Å². The van der Waals surface area contributed by atoms with Crippen molar-refractivity contribution in [3.05, 3.63) is 23.4 Å². The van der Waals surface area contributed by atoms with Crippen LogP contribution in [0.15, 0.2) is 18.3 Å². The molecule has 1 rings (SSSR count). The zero-order valence-electron chi connectivity index (χ0n) is 9.00. The normalized spacial score (nSPS) is 10.6. The molecule has 1 heterocycles. The highest BCUT2D eigenvalue weighted by atomic mass is 35.5. The fourth-order valence-electron chi connectivity index (χ4n) is 1.42. The van der Waals surface area contributed by atoms with Crippen molar-refractivity contribution in [2.24, 2.45) is 0 Å². The van der Waals surface area contributed by atoms with E-state index in [4.69, 9.17) is 11.6 Å². The summed E-state index contributed by atoms with van der Waals surface area (Å²) in [7, 11) is 0. The van der Waals surface area contributed by atoms with E-state index in [9.17, 15) is 0 Å². The molecule has 0 saturated carbocycles. The number of nitrogens with zero attached hydrogens (tertiary/aromatic N) is 2. The second-order valence-corrected chi connectivity index (χ2v) is 4.06. The Morgan fingerprint density at radius 2 is 2.14 bits per heavy atom. The summed E-state index contributed by atoms with van der Waals surface area (Å²) in [5.74, 6) is 1.01. The molecule has 78 valence electrons. The van der Waals surface area contributed by atoms with E-state index in [2.05, 4.69) is 30.7 Å². The summed E-state index contributed by atoms with van der Waals surface area (Å²) in [6, 6.07) is 4.33. The molecule has 0 spiro atoms. The van der Waals surface area contributed by atoms with E-state index in [1.807, 2.05) is 12.1 Å². The van der Waals surface area contributed by atoms with Crippen molar-refractivity contribution in [1.82, 2.24) is 4.98 Å². The summed E-state index contributed by atoms with van der Waals surface area (Å²) in [5.41, 5.74) is 0. The molecule has 1 aromatic rings. The third-order valence-corrected chi connectivity index (χ3v) is 2.32. The van der Waals surface area contributed by atoms with E-state index in [1.165, 1.54) is 0 Å².